The summed E-state index contributed by atoms with van der Waals surface area (Å²) < 4.78 is 22.5. The van der Waals surface area contributed by atoms with E-state index in [-0.39, 0.29) is 5.78 Å². The fraction of sp³-hybridized carbons (Fsp3) is 0.300. The van der Waals surface area contributed by atoms with Crippen LogP contribution >= 0.6 is 0 Å². The quantitative estimate of drug-likeness (QED) is 0.700. The second-order valence-corrected chi connectivity index (χ2v) is 5.53. The van der Waals surface area contributed by atoms with E-state index in [1.807, 2.05) is 0 Å². The fourth-order valence-electron chi connectivity index (χ4n) is 1.66. The molecule has 1 aromatic rings. The highest BCUT2D eigenvalue weighted by atomic mass is 32.2. The third-order valence-electron chi connectivity index (χ3n) is 2.43. The largest absolute Gasteiger partial charge is 0.294 e. The summed E-state index contributed by atoms with van der Waals surface area (Å²) in [6.45, 7) is 0. The van der Waals surface area contributed by atoms with Crippen LogP contribution in [0, 0.1) is 0 Å². The van der Waals surface area contributed by atoms with E-state index in [2.05, 4.69) is 0 Å². The molecular weight excluding hydrogens is 200 g/mol. The maximum absolute atomic E-state index is 11.3. The summed E-state index contributed by atoms with van der Waals surface area (Å²) in [5, 5.41) is 0. The van der Waals surface area contributed by atoms with Crippen molar-refractivity contribution in [2.24, 2.45) is 0 Å². The molecule has 1 aliphatic rings. The summed E-state index contributed by atoms with van der Waals surface area (Å²) in [6.07, 6.45) is 2.34. The summed E-state index contributed by atoms with van der Waals surface area (Å²) >= 11 is 0. The highest BCUT2D eigenvalue weighted by molar-refractivity contribution is 7.90. The van der Waals surface area contributed by atoms with Gasteiger partial charge in [-0.1, -0.05) is 0 Å². The Labute approximate surface area is 82.7 Å². The van der Waals surface area contributed by atoms with Crippen LogP contribution in [0.3, 0.4) is 0 Å². The van der Waals surface area contributed by atoms with Crippen LogP contribution in [-0.2, 0) is 16.3 Å². The first-order valence-corrected chi connectivity index (χ1v) is 6.24. The number of ketones is 1. The molecule has 1 aromatic carbocycles. The molecule has 0 fully saturated rings. The van der Waals surface area contributed by atoms with Crippen LogP contribution in [0.5, 0.6) is 0 Å². The molecule has 0 aromatic heterocycles. The summed E-state index contributed by atoms with van der Waals surface area (Å²) in [6, 6.07) is 4.72. The number of fused-ring (bicyclic) bond motifs is 1. The van der Waals surface area contributed by atoms with Gasteiger partial charge < -0.3 is 0 Å². The standard InChI is InChI=1S/C10H10O3S/c1-14(12,13)8-3-4-9-7(6-8)2-5-10(9)11/h3-4,6H,2,5H2,1H3. The maximum Gasteiger partial charge on any atom is 0.175 e. The van der Waals surface area contributed by atoms with Crippen molar-refractivity contribution < 1.29 is 13.2 Å². The van der Waals surface area contributed by atoms with E-state index in [1.54, 1.807) is 12.1 Å². The zero-order chi connectivity index (χ0) is 10.3. The molecule has 0 heterocycles. The fourth-order valence-corrected chi connectivity index (χ4v) is 2.33. The molecule has 1 aliphatic carbocycles. The zero-order valence-electron chi connectivity index (χ0n) is 7.78. The van der Waals surface area contributed by atoms with Crippen molar-refractivity contribution in [2.45, 2.75) is 17.7 Å². The Bertz CT molecular complexity index is 500. The molecule has 0 radical (unpaired) electrons. The Morgan fingerprint density at radius 1 is 1.21 bits per heavy atom. The summed E-state index contributed by atoms with van der Waals surface area (Å²) in [5.74, 6) is 0.111. The molecule has 0 bridgehead atoms. The zero-order valence-corrected chi connectivity index (χ0v) is 8.60. The molecular formula is C10H10O3S. The first-order chi connectivity index (χ1) is 6.48. The van der Waals surface area contributed by atoms with Crippen LogP contribution in [0.2, 0.25) is 0 Å². The van der Waals surface area contributed by atoms with Gasteiger partial charge in [-0.2, -0.15) is 0 Å². The molecule has 0 spiro atoms. The first-order valence-electron chi connectivity index (χ1n) is 4.34. The minimum Gasteiger partial charge on any atom is -0.294 e. The normalized spacial score (nSPS) is 15.6. The van der Waals surface area contributed by atoms with E-state index in [1.165, 1.54) is 12.3 Å². The maximum atomic E-state index is 11.3. The molecule has 74 valence electrons. The molecule has 0 saturated heterocycles. The third-order valence-corrected chi connectivity index (χ3v) is 3.54. The van der Waals surface area contributed by atoms with Gasteiger partial charge in [0, 0.05) is 18.2 Å². The van der Waals surface area contributed by atoms with Crippen molar-refractivity contribution >= 4 is 15.6 Å². The average Bonchev–Trinajstić information content (AvgIpc) is 2.46. The lowest BCUT2D eigenvalue weighted by molar-refractivity contribution is 0.0994. The Balaban J connectivity index is 2.58. The molecule has 0 unspecified atom stereocenters. The Kier molecular flexibility index (Phi) is 1.96. The molecule has 3 nitrogen and oxygen atoms in total. The third kappa shape index (κ3) is 1.46. The molecule has 0 atom stereocenters. The summed E-state index contributed by atoms with van der Waals surface area (Å²) in [4.78, 5) is 11.6. The number of hydrogen-bond donors (Lipinski definition) is 0. The summed E-state index contributed by atoms with van der Waals surface area (Å²) in [5.41, 5.74) is 1.54. The number of aryl methyl sites for hydroxylation is 1. The Hall–Kier alpha value is -1.16. The predicted molar refractivity (Wildman–Crippen MR) is 52.2 cm³/mol. The van der Waals surface area contributed by atoms with Crippen molar-refractivity contribution in [3.8, 4) is 0 Å². The number of rotatable bonds is 1. The molecule has 0 amide bonds. The van der Waals surface area contributed by atoms with E-state index in [9.17, 15) is 13.2 Å². The van der Waals surface area contributed by atoms with Crippen LogP contribution < -0.4 is 0 Å². The second kappa shape index (κ2) is 2.92. The first kappa shape index (κ1) is 9.40. The van der Waals surface area contributed by atoms with Crippen LogP contribution in [0.25, 0.3) is 0 Å². The monoisotopic (exact) mass is 210 g/mol. The Morgan fingerprint density at radius 3 is 2.57 bits per heavy atom. The summed E-state index contributed by atoms with van der Waals surface area (Å²) in [7, 11) is -3.15. The van der Waals surface area contributed by atoms with Gasteiger partial charge in [0.25, 0.3) is 0 Å². The van der Waals surface area contributed by atoms with Crippen molar-refractivity contribution in [1.29, 1.82) is 0 Å². The highest BCUT2D eigenvalue weighted by Gasteiger charge is 2.20. The van der Waals surface area contributed by atoms with E-state index < -0.39 is 9.84 Å². The Morgan fingerprint density at radius 2 is 1.93 bits per heavy atom. The van der Waals surface area contributed by atoms with Crippen molar-refractivity contribution in [3.63, 3.8) is 0 Å². The molecule has 0 saturated carbocycles. The molecule has 4 heteroatoms. The smallest absolute Gasteiger partial charge is 0.175 e. The van der Waals surface area contributed by atoms with Crippen LogP contribution in [-0.4, -0.2) is 20.5 Å². The SMILES string of the molecule is CS(=O)(=O)c1ccc2c(c1)CCC2=O. The minimum atomic E-state index is -3.15. The predicted octanol–water partition coefficient (Wildman–Crippen LogP) is 1.22. The number of Topliss-reactive ketones (excluding diaryl/α,β-unsaturated/α-hetero) is 1. The van der Waals surface area contributed by atoms with Gasteiger partial charge in [-0.3, -0.25) is 4.79 Å². The molecule has 0 aliphatic heterocycles. The van der Waals surface area contributed by atoms with Crippen molar-refractivity contribution in [1.82, 2.24) is 0 Å². The van der Waals surface area contributed by atoms with Gasteiger partial charge >= 0.3 is 0 Å². The van der Waals surface area contributed by atoms with Crippen LogP contribution in [0.15, 0.2) is 23.1 Å². The lowest BCUT2D eigenvalue weighted by atomic mass is 10.1. The molecule has 14 heavy (non-hydrogen) atoms. The van der Waals surface area contributed by atoms with Crippen molar-refractivity contribution in [2.75, 3.05) is 6.26 Å². The van der Waals surface area contributed by atoms with E-state index in [0.717, 1.165) is 5.56 Å². The lowest BCUT2D eigenvalue weighted by Crippen LogP contribution is -1.99. The van der Waals surface area contributed by atoms with Gasteiger partial charge in [0.15, 0.2) is 15.6 Å². The van der Waals surface area contributed by atoms with E-state index in [4.69, 9.17) is 0 Å². The molecule has 2 rings (SSSR count). The van der Waals surface area contributed by atoms with Gasteiger partial charge in [-0.05, 0) is 30.2 Å². The van der Waals surface area contributed by atoms with Gasteiger partial charge in [-0.25, -0.2) is 8.42 Å². The van der Waals surface area contributed by atoms with E-state index in [0.29, 0.717) is 23.3 Å². The number of carbonyl (C=O) groups is 1. The van der Waals surface area contributed by atoms with Gasteiger partial charge in [0.1, 0.15) is 0 Å². The average molecular weight is 210 g/mol. The minimum absolute atomic E-state index is 0.111. The van der Waals surface area contributed by atoms with Gasteiger partial charge in [-0.15, -0.1) is 0 Å². The second-order valence-electron chi connectivity index (χ2n) is 3.51. The highest BCUT2D eigenvalue weighted by Crippen LogP contribution is 2.24. The van der Waals surface area contributed by atoms with Gasteiger partial charge in [0.2, 0.25) is 0 Å². The topological polar surface area (TPSA) is 51.2 Å². The van der Waals surface area contributed by atoms with Crippen LogP contribution in [0.4, 0.5) is 0 Å². The lowest BCUT2D eigenvalue weighted by Gasteiger charge is -2.01. The number of carbonyl (C=O) groups excluding carboxylic acids is 1. The van der Waals surface area contributed by atoms with E-state index >= 15 is 0 Å². The number of hydrogen-bond acceptors (Lipinski definition) is 3. The van der Waals surface area contributed by atoms with Crippen LogP contribution in [0.1, 0.15) is 22.3 Å². The number of sulfone groups is 1. The van der Waals surface area contributed by atoms with Crippen molar-refractivity contribution in [3.05, 3.63) is 29.3 Å². The van der Waals surface area contributed by atoms with Gasteiger partial charge in [0.05, 0.1) is 4.90 Å². The molecule has 0 N–H and O–H groups in total. The number of benzene rings is 1.